The maximum Gasteiger partial charge on any atom is 0.273 e. The third-order valence-electron chi connectivity index (χ3n) is 3.04. The highest BCUT2D eigenvalue weighted by atomic mass is 16.5. The fourth-order valence-electron chi connectivity index (χ4n) is 1.96. The normalized spacial score (nSPS) is 16.3. The Hall–Kier alpha value is -1.69. The van der Waals surface area contributed by atoms with Crippen molar-refractivity contribution in [2.24, 2.45) is 5.92 Å². The van der Waals surface area contributed by atoms with E-state index in [9.17, 15) is 4.79 Å². The lowest BCUT2D eigenvalue weighted by Gasteiger charge is -2.22. The fourth-order valence-corrected chi connectivity index (χ4v) is 1.96. The van der Waals surface area contributed by atoms with E-state index >= 15 is 0 Å². The number of carbonyl (C=O) groups excluding carboxylic acids is 1. The number of rotatable bonds is 4. The molecule has 1 fully saturated rings. The first-order valence-corrected chi connectivity index (χ1v) is 6.16. The zero-order valence-corrected chi connectivity index (χ0v) is 10.5. The Morgan fingerprint density at radius 3 is 2.83 bits per heavy atom. The average Bonchev–Trinajstić information content (AvgIpc) is 2.45. The SMILES string of the molecule is CNc1nccnc1C(=O)NCC1CCOCC1. The molecular weight excluding hydrogens is 232 g/mol. The van der Waals surface area contributed by atoms with Crippen LogP contribution in [0, 0.1) is 5.92 Å². The summed E-state index contributed by atoms with van der Waals surface area (Å²) in [7, 11) is 1.72. The quantitative estimate of drug-likeness (QED) is 0.821. The van der Waals surface area contributed by atoms with E-state index in [-0.39, 0.29) is 5.91 Å². The minimum absolute atomic E-state index is 0.182. The zero-order chi connectivity index (χ0) is 12.8. The van der Waals surface area contributed by atoms with Crippen LogP contribution >= 0.6 is 0 Å². The van der Waals surface area contributed by atoms with Crippen molar-refractivity contribution in [1.82, 2.24) is 15.3 Å². The highest BCUT2D eigenvalue weighted by Gasteiger charge is 2.17. The minimum atomic E-state index is -0.182. The Labute approximate surface area is 106 Å². The zero-order valence-electron chi connectivity index (χ0n) is 10.5. The second-order valence-corrected chi connectivity index (χ2v) is 4.27. The van der Waals surface area contributed by atoms with Crippen molar-refractivity contribution in [2.45, 2.75) is 12.8 Å². The molecule has 2 N–H and O–H groups in total. The summed E-state index contributed by atoms with van der Waals surface area (Å²) in [6.07, 6.45) is 5.07. The summed E-state index contributed by atoms with van der Waals surface area (Å²) in [6, 6.07) is 0. The van der Waals surface area contributed by atoms with E-state index in [0.717, 1.165) is 26.1 Å². The molecule has 1 saturated heterocycles. The molecule has 1 aliphatic heterocycles. The largest absolute Gasteiger partial charge is 0.381 e. The van der Waals surface area contributed by atoms with Crippen molar-refractivity contribution < 1.29 is 9.53 Å². The van der Waals surface area contributed by atoms with Gasteiger partial charge < -0.3 is 15.4 Å². The average molecular weight is 250 g/mol. The van der Waals surface area contributed by atoms with Crippen LogP contribution in [0.25, 0.3) is 0 Å². The third-order valence-corrected chi connectivity index (χ3v) is 3.04. The van der Waals surface area contributed by atoms with Crippen LogP contribution < -0.4 is 10.6 Å². The Balaban J connectivity index is 1.90. The van der Waals surface area contributed by atoms with Gasteiger partial charge in [-0.25, -0.2) is 9.97 Å². The molecule has 0 spiro atoms. The Bertz CT molecular complexity index is 405. The van der Waals surface area contributed by atoms with Crippen LogP contribution in [-0.2, 0) is 4.74 Å². The second-order valence-electron chi connectivity index (χ2n) is 4.27. The van der Waals surface area contributed by atoms with Crippen LogP contribution in [0.3, 0.4) is 0 Å². The van der Waals surface area contributed by atoms with E-state index in [1.54, 1.807) is 13.2 Å². The van der Waals surface area contributed by atoms with Gasteiger partial charge in [0.2, 0.25) is 0 Å². The number of aromatic nitrogens is 2. The van der Waals surface area contributed by atoms with Gasteiger partial charge in [-0.3, -0.25) is 4.79 Å². The molecular formula is C12H18N4O2. The number of nitrogens with one attached hydrogen (secondary N) is 2. The van der Waals surface area contributed by atoms with Gasteiger partial charge in [0.05, 0.1) is 0 Å². The van der Waals surface area contributed by atoms with Crippen molar-refractivity contribution in [1.29, 1.82) is 0 Å². The molecule has 18 heavy (non-hydrogen) atoms. The molecule has 6 heteroatoms. The number of carbonyl (C=O) groups is 1. The monoisotopic (exact) mass is 250 g/mol. The smallest absolute Gasteiger partial charge is 0.273 e. The lowest BCUT2D eigenvalue weighted by atomic mass is 10.0. The summed E-state index contributed by atoms with van der Waals surface area (Å²) >= 11 is 0. The van der Waals surface area contributed by atoms with Gasteiger partial charge in [0.1, 0.15) is 0 Å². The number of ether oxygens (including phenoxy) is 1. The molecule has 1 aliphatic rings. The summed E-state index contributed by atoms with van der Waals surface area (Å²) < 4.78 is 5.28. The highest BCUT2D eigenvalue weighted by Crippen LogP contribution is 2.14. The molecule has 1 amide bonds. The molecule has 98 valence electrons. The standard InChI is InChI=1S/C12H18N4O2/c1-13-11-10(14-4-5-15-11)12(17)16-8-9-2-6-18-7-3-9/h4-5,9H,2-3,6-8H2,1H3,(H,13,15)(H,16,17). The number of hydrogen-bond acceptors (Lipinski definition) is 5. The van der Waals surface area contributed by atoms with Crippen LogP contribution in [0.15, 0.2) is 12.4 Å². The van der Waals surface area contributed by atoms with E-state index < -0.39 is 0 Å². The maximum atomic E-state index is 12.0. The van der Waals surface area contributed by atoms with Gasteiger partial charge in [0.25, 0.3) is 5.91 Å². The third kappa shape index (κ3) is 3.16. The molecule has 0 atom stereocenters. The van der Waals surface area contributed by atoms with E-state index in [4.69, 9.17) is 4.74 Å². The Morgan fingerprint density at radius 1 is 1.39 bits per heavy atom. The van der Waals surface area contributed by atoms with E-state index in [2.05, 4.69) is 20.6 Å². The molecule has 1 aromatic rings. The van der Waals surface area contributed by atoms with Gasteiger partial charge in [-0.1, -0.05) is 0 Å². The lowest BCUT2D eigenvalue weighted by molar-refractivity contribution is 0.0642. The van der Waals surface area contributed by atoms with Crippen molar-refractivity contribution >= 4 is 11.7 Å². The summed E-state index contributed by atoms with van der Waals surface area (Å²) in [4.78, 5) is 20.1. The van der Waals surface area contributed by atoms with Crippen LogP contribution in [0.5, 0.6) is 0 Å². The van der Waals surface area contributed by atoms with E-state index in [1.165, 1.54) is 6.20 Å². The number of hydrogen-bond donors (Lipinski definition) is 2. The predicted molar refractivity (Wildman–Crippen MR) is 67.5 cm³/mol. The van der Waals surface area contributed by atoms with Gasteiger partial charge in [-0.2, -0.15) is 0 Å². The van der Waals surface area contributed by atoms with Crippen molar-refractivity contribution in [3.05, 3.63) is 18.1 Å². The van der Waals surface area contributed by atoms with E-state index in [0.29, 0.717) is 24.0 Å². The van der Waals surface area contributed by atoms with Crippen molar-refractivity contribution in [3.8, 4) is 0 Å². The molecule has 0 saturated carbocycles. The first-order chi connectivity index (χ1) is 8.81. The predicted octanol–water partition coefficient (Wildman–Crippen LogP) is 0.675. The van der Waals surface area contributed by atoms with Gasteiger partial charge in [-0.05, 0) is 18.8 Å². The molecule has 0 unspecified atom stereocenters. The molecule has 0 aliphatic carbocycles. The molecule has 0 aromatic carbocycles. The Kier molecular flexibility index (Phi) is 4.46. The number of amides is 1. The summed E-state index contributed by atoms with van der Waals surface area (Å²) in [5, 5.41) is 5.77. The fraction of sp³-hybridized carbons (Fsp3) is 0.583. The van der Waals surface area contributed by atoms with Crippen LogP contribution in [0.2, 0.25) is 0 Å². The maximum absolute atomic E-state index is 12.0. The minimum Gasteiger partial charge on any atom is -0.381 e. The molecule has 2 heterocycles. The Morgan fingerprint density at radius 2 is 2.11 bits per heavy atom. The van der Waals surface area contributed by atoms with Crippen molar-refractivity contribution in [2.75, 3.05) is 32.1 Å². The molecule has 0 radical (unpaired) electrons. The molecule has 0 bridgehead atoms. The topological polar surface area (TPSA) is 76.1 Å². The molecule has 2 rings (SSSR count). The molecule has 6 nitrogen and oxygen atoms in total. The van der Waals surface area contributed by atoms with Crippen LogP contribution in [0.1, 0.15) is 23.3 Å². The number of anilines is 1. The summed E-state index contributed by atoms with van der Waals surface area (Å²) in [5.74, 6) is 0.818. The first kappa shape index (κ1) is 12.8. The first-order valence-electron chi connectivity index (χ1n) is 6.16. The molecule has 1 aromatic heterocycles. The van der Waals surface area contributed by atoms with Gasteiger partial charge in [0, 0.05) is 39.2 Å². The van der Waals surface area contributed by atoms with Gasteiger partial charge in [0.15, 0.2) is 11.5 Å². The summed E-state index contributed by atoms with van der Waals surface area (Å²) in [6.45, 7) is 2.24. The number of nitrogens with zero attached hydrogens (tertiary/aromatic N) is 2. The van der Waals surface area contributed by atoms with Crippen LogP contribution in [0.4, 0.5) is 5.82 Å². The lowest BCUT2D eigenvalue weighted by Crippen LogP contribution is -2.33. The van der Waals surface area contributed by atoms with Gasteiger partial charge >= 0.3 is 0 Å². The van der Waals surface area contributed by atoms with Gasteiger partial charge in [-0.15, -0.1) is 0 Å². The van der Waals surface area contributed by atoms with E-state index in [1.807, 2.05) is 0 Å². The summed E-state index contributed by atoms with van der Waals surface area (Å²) in [5.41, 5.74) is 0.340. The second kappa shape index (κ2) is 6.30. The van der Waals surface area contributed by atoms with Crippen LogP contribution in [-0.4, -0.2) is 42.7 Å². The highest BCUT2D eigenvalue weighted by molar-refractivity contribution is 5.96. The van der Waals surface area contributed by atoms with Crippen molar-refractivity contribution in [3.63, 3.8) is 0 Å².